The molecule has 1 aliphatic carbocycles. The predicted octanol–water partition coefficient (Wildman–Crippen LogP) is 0.508. The van der Waals surface area contributed by atoms with Crippen molar-refractivity contribution in [3.8, 4) is 0 Å². The number of urea groups is 1. The fraction of sp³-hybridized carbons (Fsp3) is 0.846. The summed E-state index contributed by atoms with van der Waals surface area (Å²) in [5, 5.41) is 13.7. The van der Waals surface area contributed by atoms with Crippen LogP contribution in [0.15, 0.2) is 0 Å². The van der Waals surface area contributed by atoms with Crippen molar-refractivity contribution in [3.63, 3.8) is 0 Å². The van der Waals surface area contributed by atoms with Crippen LogP contribution in [-0.2, 0) is 14.6 Å². The Labute approximate surface area is 124 Å². The molecule has 1 unspecified atom stereocenters. The van der Waals surface area contributed by atoms with Gasteiger partial charge in [0.05, 0.1) is 17.4 Å². The first-order chi connectivity index (χ1) is 9.83. The SMILES string of the molecule is O=C(O)CC1(CNC(=O)NCC2CCCS2(=O)=O)CCC1. The van der Waals surface area contributed by atoms with Gasteiger partial charge < -0.3 is 15.7 Å². The predicted molar refractivity (Wildman–Crippen MR) is 76.7 cm³/mol. The first-order valence-corrected chi connectivity index (χ1v) is 9.00. The second-order valence-corrected chi connectivity index (χ2v) is 8.52. The van der Waals surface area contributed by atoms with E-state index in [4.69, 9.17) is 5.11 Å². The minimum Gasteiger partial charge on any atom is -0.481 e. The molecule has 2 rings (SSSR count). The van der Waals surface area contributed by atoms with E-state index in [-0.39, 0.29) is 24.1 Å². The number of hydrogen-bond donors (Lipinski definition) is 3. The van der Waals surface area contributed by atoms with Crippen molar-refractivity contribution in [3.05, 3.63) is 0 Å². The summed E-state index contributed by atoms with van der Waals surface area (Å²) < 4.78 is 23.3. The van der Waals surface area contributed by atoms with Gasteiger partial charge in [-0.2, -0.15) is 0 Å². The maximum absolute atomic E-state index is 11.7. The summed E-state index contributed by atoms with van der Waals surface area (Å²) >= 11 is 0. The van der Waals surface area contributed by atoms with Crippen molar-refractivity contribution in [2.45, 2.75) is 43.8 Å². The van der Waals surface area contributed by atoms with Crippen molar-refractivity contribution in [1.82, 2.24) is 10.6 Å². The number of amides is 2. The molecule has 1 saturated heterocycles. The van der Waals surface area contributed by atoms with Crippen LogP contribution in [-0.4, -0.2) is 49.6 Å². The van der Waals surface area contributed by atoms with Crippen LogP contribution < -0.4 is 10.6 Å². The zero-order chi connectivity index (χ0) is 15.5. The Hall–Kier alpha value is -1.31. The third-order valence-electron chi connectivity index (χ3n) is 4.52. The molecule has 0 aromatic heterocycles. The fourth-order valence-electron chi connectivity index (χ4n) is 3.04. The van der Waals surface area contributed by atoms with E-state index in [2.05, 4.69) is 10.6 Å². The lowest BCUT2D eigenvalue weighted by Crippen LogP contribution is -2.48. The van der Waals surface area contributed by atoms with Crippen LogP contribution in [0.4, 0.5) is 4.79 Å². The van der Waals surface area contributed by atoms with E-state index in [0.717, 1.165) is 19.3 Å². The molecule has 1 aliphatic heterocycles. The van der Waals surface area contributed by atoms with Crippen LogP contribution >= 0.6 is 0 Å². The molecule has 1 saturated carbocycles. The number of carboxylic acids is 1. The zero-order valence-corrected chi connectivity index (χ0v) is 12.7. The van der Waals surface area contributed by atoms with Gasteiger partial charge in [0.15, 0.2) is 9.84 Å². The lowest BCUT2D eigenvalue weighted by molar-refractivity contribution is -0.141. The number of carbonyl (C=O) groups is 2. The molecule has 7 nitrogen and oxygen atoms in total. The minimum absolute atomic E-state index is 0.0598. The number of aliphatic carboxylic acids is 1. The highest BCUT2D eigenvalue weighted by Crippen LogP contribution is 2.43. The Morgan fingerprint density at radius 3 is 2.38 bits per heavy atom. The Morgan fingerprint density at radius 2 is 1.90 bits per heavy atom. The largest absolute Gasteiger partial charge is 0.481 e. The zero-order valence-electron chi connectivity index (χ0n) is 11.9. The van der Waals surface area contributed by atoms with Crippen LogP contribution in [0.5, 0.6) is 0 Å². The normalized spacial score (nSPS) is 25.8. The quantitative estimate of drug-likeness (QED) is 0.660. The molecule has 2 aliphatic rings. The Bertz CT molecular complexity index is 513. The average Bonchev–Trinajstić information content (AvgIpc) is 2.68. The van der Waals surface area contributed by atoms with Crippen molar-refractivity contribution < 1.29 is 23.1 Å². The monoisotopic (exact) mass is 318 g/mol. The number of sulfone groups is 1. The van der Waals surface area contributed by atoms with Gasteiger partial charge in [0, 0.05) is 13.1 Å². The van der Waals surface area contributed by atoms with Gasteiger partial charge in [0.2, 0.25) is 0 Å². The highest BCUT2D eigenvalue weighted by molar-refractivity contribution is 7.92. The molecule has 0 aromatic carbocycles. The van der Waals surface area contributed by atoms with Crippen LogP contribution in [0.25, 0.3) is 0 Å². The summed E-state index contributed by atoms with van der Waals surface area (Å²) in [4.78, 5) is 22.5. The standard InChI is InChI=1S/C13H22N2O5S/c16-11(17)7-13(4-2-5-13)9-15-12(18)14-8-10-3-1-6-21(10,19)20/h10H,1-9H2,(H,16,17)(H2,14,15,18). The van der Waals surface area contributed by atoms with E-state index in [1.807, 2.05) is 0 Å². The number of carbonyl (C=O) groups excluding carboxylic acids is 1. The summed E-state index contributed by atoms with van der Waals surface area (Å²) in [7, 11) is -3.06. The van der Waals surface area contributed by atoms with E-state index in [9.17, 15) is 18.0 Å². The smallest absolute Gasteiger partial charge is 0.314 e. The Balaban J connectivity index is 1.73. The molecule has 0 bridgehead atoms. The van der Waals surface area contributed by atoms with E-state index in [1.165, 1.54) is 0 Å². The molecule has 21 heavy (non-hydrogen) atoms. The molecular weight excluding hydrogens is 296 g/mol. The summed E-state index contributed by atoms with van der Waals surface area (Å²) in [6, 6.07) is -0.422. The van der Waals surface area contributed by atoms with Crippen LogP contribution in [0.2, 0.25) is 0 Å². The highest BCUT2D eigenvalue weighted by atomic mass is 32.2. The maximum atomic E-state index is 11.7. The maximum Gasteiger partial charge on any atom is 0.314 e. The van der Waals surface area contributed by atoms with E-state index in [1.54, 1.807) is 0 Å². The molecular formula is C13H22N2O5S. The lowest BCUT2D eigenvalue weighted by atomic mass is 9.66. The van der Waals surface area contributed by atoms with Crippen LogP contribution in [0.3, 0.4) is 0 Å². The van der Waals surface area contributed by atoms with Gasteiger partial charge in [-0.1, -0.05) is 6.42 Å². The van der Waals surface area contributed by atoms with Crippen molar-refractivity contribution >= 4 is 21.8 Å². The van der Waals surface area contributed by atoms with Crippen molar-refractivity contribution in [2.75, 3.05) is 18.8 Å². The van der Waals surface area contributed by atoms with Gasteiger partial charge in [-0.15, -0.1) is 0 Å². The molecule has 2 fully saturated rings. The lowest BCUT2D eigenvalue weighted by Gasteiger charge is -2.40. The minimum atomic E-state index is -3.06. The molecule has 1 atom stereocenters. The van der Waals surface area contributed by atoms with Gasteiger partial charge in [-0.3, -0.25) is 4.79 Å². The third kappa shape index (κ3) is 4.09. The molecule has 8 heteroatoms. The molecule has 2 amide bonds. The van der Waals surface area contributed by atoms with Gasteiger partial charge in [0.1, 0.15) is 0 Å². The molecule has 0 radical (unpaired) electrons. The number of rotatable bonds is 6. The second-order valence-electron chi connectivity index (χ2n) is 6.12. The first kappa shape index (κ1) is 16.1. The summed E-state index contributed by atoms with van der Waals surface area (Å²) in [5.74, 6) is -0.656. The number of nitrogens with one attached hydrogen (secondary N) is 2. The van der Waals surface area contributed by atoms with Crippen LogP contribution in [0.1, 0.15) is 38.5 Å². The summed E-state index contributed by atoms with van der Waals surface area (Å²) in [6.07, 6.45) is 3.89. The van der Waals surface area contributed by atoms with E-state index < -0.39 is 27.1 Å². The molecule has 0 aromatic rings. The van der Waals surface area contributed by atoms with Gasteiger partial charge in [-0.05, 0) is 31.1 Å². The van der Waals surface area contributed by atoms with Crippen LogP contribution in [0, 0.1) is 5.41 Å². The topological polar surface area (TPSA) is 113 Å². The molecule has 120 valence electrons. The fourth-order valence-corrected chi connectivity index (χ4v) is 4.80. The number of hydrogen-bond acceptors (Lipinski definition) is 4. The third-order valence-corrected chi connectivity index (χ3v) is 6.79. The second kappa shape index (κ2) is 6.21. The number of carboxylic acid groups (broad SMARTS) is 1. The van der Waals surface area contributed by atoms with Crippen molar-refractivity contribution in [2.24, 2.45) is 5.41 Å². The Kier molecular flexibility index (Phi) is 4.75. The van der Waals surface area contributed by atoms with Gasteiger partial charge >= 0.3 is 12.0 Å². The first-order valence-electron chi connectivity index (χ1n) is 7.28. The Morgan fingerprint density at radius 1 is 1.19 bits per heavy atom. The van der Waals surface area contributed by atoms with Crippen molar-refractivity contribution in [1.29, 1.82) is 0 Å². The van der Waals surface area contributed by atoms with Gasteiger partial charge in [-0.25, -0.2) is 13.2 Å². The van der Waals surface area contributed by atoms with Gasteiger partial charge in [0.25, 0.3) is 0 Å². The summed E-state index contributed by atoms with van der Waals surface area (Å²) in [5.41, 5.74) is -0.331. The molecule has 3 N–H and O–H groups in total. The molecule has 1 heterocycles. The summed E-state index contributed by atoms with van der Waals surface area (Å²) in [6.45, 7) is 0.447. The van der Waals surface area contributed by atoms with E-state index in [0.29, 0.717) is 19.4 Å². The van der Waals surface area contributed by atoms with E-state index >= 15 is 0 Å². The average molecular weight is 318 g/mol. The molecule has 0 spiro atoms. The highest BCUT2D eigenvalue weighted by Gasteiger charge is 2.39.